The number of nitrogens with one attached hydrogen (secondary N) is 1. The molecular formula is C16H26N2O4. The van der Waals surface area contributed by atoms with Gasteiger partial charge < -0.3 is 20.3 Å². The van der Waals surface area contributed by atoms with Gasteiger partial charge in [0.2, 0.25) is 0 Å². The molecule has 1 aromatic carbocycles. The van der Waals surface area contributed by atoms with Gasteiger partial charge in [0.1, 0.15) is 11.4 Å². The number of rotatable bonds is 5. The van der Waals surface area contributed by atoms with Gasteiger partial charge in [0.25, 0.3) is 0 Å². The number of ether oxygens (including phenoxy) is 2. The summed E-state index contributed by atoms with van der Waals surface area (Å²) in [5.41, 5.74) is 5.94. The topological polar surface area (TPSA) is 93.8 Å². The number of methoxy groups -OCH3 is 1. The van der Waals surface area contributed by atoms with Gasteiger partial charge >= 0.3 is 6.09 Å². The Morgan fingerprint density at radius 2 is 1.95 bits per heavy atom. The van der Waals surface area contributed by atoms with E-state index in [1.165, 1.54) is 7.11 Å². The minimum Gasteiger partial charge on any atom is -0.495 e. The summed E-state index contributed by atoms with van der Waals surface area (Å²) in [7, 11) is 1.51. The Morgan fingerprint density at radius 1 is 1.32 bits per heavy atom. The van der Waals surface area contributed by atoms with Gasteiger partial charge in [0.15, 0.2) is 0 Å². The summed E-state index contributed by atoms with van der Waals surface area (Å²) < 4.78 is 10.5. The highest BCUT2D eigenvalue weighted by molar-refractivity contribution is 5.87. The summed E-state index contributed by atoms with van der Waals surface area (Å²) in [6.07, 6.45) is -0.553. The van der Waals surface area contributed by atoms with Gasteiger partial charge in [-0.25, -0.2) is 4.79 Å². The molecule has 6 heteroatoms. The van der Waals surface area contributed by atoms with E-state index in [2.05, 4.69) is 5.32 Å². The van der Waals surface area contributed by atoms with E-state index in [0.717, 1.165) is 5.56 Å². The molecule has 0 aromatic heterocycles. The fourth-order valence-electron chi connectivity index (χ4n) is 1.86. The Bertz CT molecular complexity index is 519. The molecular weight excluding hydrogens is 284 g/mol. The Hall–Kier alpha value is -1.79. The summed E-state index contributed by atoms with van der Waals surface area (Å²) in [5.74, 6) is 0.483. The highest BCUT2D eigenvalue weighted by Gasteiger charge is 2.25. The summed E-state index contributed by atoms with van der Waals surface area (Å²) in [6.45, 7) is 7.46. The van der Waals surface area contributed by atoms with Crippen molar-refractivity contribution in [3.63, 3.8) is 0 Å². The number of aliphatic hydroxyl groups is 1. The molecule has 0 aliphatic rings. The van der Waals surface area contributed by atoms with Crippen molar-refractivity contribution in [3.05, 3.63) is 23.8 Å². The van der Waals surface area contributed by atoms with Crippen molar-refractivity contribution in [2.45, 2.75) is 38.7 Å². The molecule has 1 amide bonds. The number of carbonyl (C=O) groups is 1. The van der Waals surface area contributed by atoms with E-state index in [9.17, 15) is 9.90 Å². The third-order valence-corrected chi connectivity index (χ3v) is 3.33. The van der Waals surface area contributed by atoms with Gasteiger partial charge in [-0.1, -0.05) is 13.0 Å². The number of nitrogens with two attached hydrogens (primary N) is 1. The van der Waals surface area contributed by atoms with E-state index in [0.29, 0.717) is 18.0 Å². The molecule has 0 spiro atoms. The quantitative estimate of drug-likeness (QED) is 0.775. The highest BCUT2D eigenvalue weighted by atomic mass is 16.6. The van der Waals surface area contributed by atoms with Crippen LogP contribution < -0.4 is 15.8 Å². The first kappa shape index (κ1) is 18.3. The Morgan fingerprint density at radius 3 is 2.41 bits per heavy atom. The first-order chi connectivity index (χ1) is 10.1. The third kappa shape index (κ3) is 4.61. The van der Waals surface area contributed by atoms with Crippen LogP contribution >= 0.6 is 0 Å². The molecule has 22 heavy (non-hydrogen) atoms. The standard InChI is InChI=1S/C16H26N2O4/c1-15(2,3)22-14(20)18-12-7-6-11(8-13(12)21-5)16(4,9-17)10-19/h6-8,19H,9-10,17H2,1-5H3,(H,18,20). The van der Waals surface area contributed by atoms with E-state index in [1.54, 1.807) is 39.0 Å². The van der Waals surface area contributed by atoms with Crippen molar-refractivity contribution in [2.24, 2.45) is 5.73 Å². The van der Waals surface area contributed by atoms with Crippen LogP contribution in [0, 0.1) is 0 Å². The number of benzene rings is 1. The van der Waals surface area contributed by atoms with Crippen molar-refractivity contribution in [3.8, 4) is 5.75 Å². The lowest BCUT2D eigenvalue weighted by atomic mass is 9.83. The Kier molecular flexibility index (Phi) is 5.79. The average Bonchev–Trinajstić information content (AvgIpc) is 2.44. The second-order valence-corrected chi connectivity index (χ2v) is 6.46. The lowest BCUT2D eigenvalue weighted by Gasteiger charge is -2.27. The summed E-state index contributed by atoms with van der Waals surface area (Å²) >= 11 is 0. The predicted molar refractivity (Wildman–Crippen MR) is 86.3 cm³/mol. The van der Waals surface area contributed by atoms with Crippen molar-refractivity contribution >= 4 is 11.8 Å². The summed E-state index contributed by atoms with van der Waals surface area (Å²) in [5, 5.41) is 12.2. The lowest BCUT2D eigenvalue weighted by molar-refractivity contribution is 0.0635. The number of anilines is 1. The zero-order chi connectivity index (χ0) is 17.0. The maximum absolute atomic E-state index is 11.8. The number of carbonyl (C=O) groups excluding carboxylic acids is 1. The number of amides is 1. The van der Waals surface area contributed by atoms with E-state index < -0.39 is 17.1 Å². The molecule has 0 radical (unpaired) electrons. The average molecular weight is 310 g/mol. The van der Waals surface area contributed by atoms with Crippen LogP contribution in [0.25, 0.3) is 0 Å². The van der Waals surface area contributed by atoms with E-state index >= 15 is 0 Å². The minimum absolute atomic E-state index is 0.0779. The molecule has 0 bridgehead atoms. The number of aliphatic hydroxyl groups excluding tert-OH is 1. The minimum atomic E-state index is -0.577. The zero-order valence-corrected chi connectivity index (χ0v) is 13.9. The molecule has 0 heterocycles. The van der Waals surface area contributed by atoms with Crippen LogP contribution in [0.4, 0.5) is 10.5 Å². The molecule has 1 rings (SSSR count). The molecule has 0 fully saturated rings. The third-order valence-electron chi connectivity index (χ3n) is 3.33. The van der Waals surface area contributed by atoms with Crippen molar-refractivity contribution in [2.75, 3.05) is 25.6 Å². The smallest absolute Gasteiger partial charge is 0.412 e. The Balaban J connectivity index is 3.02. The zero-order valence-electron chi connectivity index (χ0n) is 13.9. The normalized spacial score (nSPS) is 14.1. The molecule has 1 unspecified atom stereocenters. The van der Waals surface area contributed by atoms with Gasteiger partial charge in [0.05, 0.1) is 19.4 Å². The van der Waals surface area contributed by atoms with Gasteiger partial charge in [-0.05, 0) is 38.5 Å². The molecule has 6 nitrogen and oxygen atoms in total. The molecule has 1 atom stereocenters. The molecule has 0 aliphatic heterocycles. The van der Waals surface area contributed by atoms with Crippen molar-refractivity contribution in [1.29, 1.82) is 0 Å². The van der Waals surface area contributed by atoms with E-state index in [1.807, 2.05) is 6.92 Å². The van der Waals surface area contributed by atoms with Gasteiger partial charge in [0, 0.05) is 12.0 Å². The SMILES string of the molecule is COc1cc(C(C)(CN)CO)ccc1NC(=O)OC(C)(C)C. The van der Waals surface area contributed by atoms with Crippen LogP contribution in [0.3, 0.4) is 0 Å². The fourth-order valence-corrected chi connectivity index (χ4v) is 1.86. The molecule has 0 aliphatic carbocycles. The van der Waals surface area contributed by atoms with Gasteiger partial charge in [-0.15, -0.1) is 0 Å². The van der Waals surface area contributed by atoms with Gasteiger partial charge in [-0.2, -0.15) is 0 Å². The number of hydrogen-bond donors (Lipinski definition) is 3. The second-order valence-electron chi connectivity index (χ2n) is 6.46. The van der Waals surface area contributed by atoms with Crippen LogP contribution in [-0.4, -0.2) is 37.1 Å². The summed E-state index contributed by atoms with van der Waals surface area (Å²) in [4.78, 5) is 11.8. The Labute approximate surface area is 131 Å². The highest BCUT2D eigenvalue weighted by Crippen LogP contribution is 2.31. The first-order valence-corrected chi connectivity index (χ1v) is 7.14. The van der Waals surface area contributed by atoms with E-state index in [-0.39, 0.29) is 6.61 Å². The van der Waals surface area contributed by atoms with E-state index in [4.69, 9.17) is 15.2 Å². The largest absolute Gasteiger partial charge is 0.495 e. The maximum Gasteiger partial charge on any atom is 0.412 e. The van der Waals surface area contributed by atoms with Crippen molar-refractivity contribution in [1.82, 2.24) is 0 Å². The predicted octanol–water partition coefficient (Wildman–Crippen LogP) is 2.25. The number of hydrogen-bond acceptors (Lipinski definition) is 5. The first-order valence-electron chi connectivity index (χ1n) is 7.14. The van der Waals surface area contributed by atoms with Crippen LogP contribution in [0.2, 0.25) is 0 Å². The lowest BCUT2D eigenvalue weighted by Crippen LogP contribution is -2.35. The molecule has 124 valence electrons. The molecule has 4 N–H and O–H groups in total. The van der Waals surface area contributed by atoms with Crippen molar-refractivity contribution < 1.29 is 19.4 Å². The van der Waals surface area contributed by atoms with Gasteiger partial charge in [-0.3, -0.25) is 5.32 Å². The van der Waals surface area contributed by atoms with Crippen LogP contribution in [-0.2, 0) is 10.2 Å². The van der Waals surface area contributed by atoms with Crippen LogP contribution in [0.1, 0.15) is 33.3 Å². The maximum atomic E-state index is 11.8. The van der Waals surface area contributed by atoms with Crippen LogP contribution in [0.15, 0.2) is 18.2 Å². The van der Waals surface area contributed by atoms with Crippen LogP contribution in [0.5, 0.6) is 5.75 Å². The molecule has 1 aromatic rings. The molecule has 0 saturated carbocycles. The monoisotopic (exact) mass is 310 g/mol. The molecule has 0 saturated heterocycles. The summed E-state index contributed by atoms with van der Waals surface area (Å²) in [6, 6.07) is 5.27. The second kappa shape index (κ2) is 6.98. The fraction of sp³-hybridized carbons (Fsp3) is 0.562.